The number of ether oxygens (including phenoxy) is 1. The highest BCUT2D eigenvalue weighted by Crippen LogP contribution is 2.23. The second-order valence-electron chi connectivity index (χ2n) is 2.40. The molecular weight excluding hydrogens is 255 g/mol. The van der Waals surface area contributed by atoms with E-state index in [1.807, 2.05) is 0 Å². The second kappa shape index (κ2) is 4.63. The molecule has 0 bridgehead atoms. The summed E-state index contributed by atoms with van der Waals surface area (Å²) in [5, 5.41) is 0.841. The number of benzene rings is 1. The summed E-state index contributed by atoms with van der Waals surface area (Å²) in [5.41, 5.74) is 0.545. The van der Waals surface area contributed by atoms with Crippen molar-refractivity contribution in [3.8, 4) is 5.75 Å². The Hall–Kier alpha value is -0.540. The van der Waals surface area contributed by atoms with E-state index in [2.05, 4.69) is 15.9 Å². The number of methoxy groups -OCH3 is 1. The van der Waals surface area contributed by atoms with E-state index in [-0.39, 0.29) is 11.1 Å². The molecule has 0 spiro atoms. The Morgan fingerprint density at radius 2 is 2.31 bits per heavy atom. The quantitative estimate of drug-likeness (QED) is 0.619. The number of carbonyl (C=O) groups excluding carboxylic acids is 1. The minimum Gasteiger partial charge on any atom is -0.496 e. The van der Waals surface area contributed by atoms with Crippen LogP contribution in [0.15, 0.2) is 18.2 Å². The predicted molar refractivity (Wildman–Crippen MR) is 56.1 cm³/mol. The van der Waals surface area contributed by atoms with Crippen molar-refractivity contribution in [1.29, 1.82) is 0 Å². The van der Waals surface area contributed by atoms with Crippen molar-refractivity contribution in [1.82, 2.24) is 0 Å². The van der Waals surface area contributed by atoms with Crippen molar-refractivity contribution in [2.24, 2.45) is 0 Å². The van der Waals surface area contributed by atoms with Crippen molar-refractivity contribution < 1.29 is 9.53 Å². The summed E-state index contributed by atoms with van der Waals surface area (Å²) in [5.74, 6) is 0.491. The molecule has 2 nitrogen and oxygen atoms in total. The lowest BCUT2D eigenvalue weighted by molar-refractivity contribution is 0.102. The van der Waals surface area contributed by atoms with Gasteiger partial charge in [-0.1, -0.05) is 27.5 Å². The van der Waals surface area contributed by atoms with E-state index in [9.17, 15) is 4.79 Å². The van der Waals surface area contributed by atoms with Crippen molar-refractivity contribution in [2.45, 2.75) is 0 Å². The van der Waals surface area contributed by atoms with Crippen molar-refractivity contribution in [2.75, 3.05) is 12.4 Å². The highest BCUT2D eigenvalue weighted by atomic mass is 79.9. The lowest BCUT2D eigenvalue weighted by Gasteiger charge is -2.05. The van der Waals surface area contributed by atoms with Crippen LogP contribution in [-0.4, -0.2) is 18.2 Å². The van der Waals surface area contributed by atoms with Crippen LogP contribution in [0.4, 0.5) is 0 Å². The molecule has 0 N–H and O–H groups in total. The highest BCUT2D eigenvalue weighted by molar-refractivity contribution is 9.09. The molecule has 0 amide bonds. The van der Waals surface area contributed by atoms with Gasteiger partial charge in [0.2, 0.25) is 0 Å². The van der Waals surface area contributed by atoms with Crippen LogP contribution in [0.5, 0.6) is 5.75 Å². The van der Waals surface area contributed by atoms with Gasteiger partial charge in [0.15, 0.2) is 5.78 Å². The molecule has 0 radical (unpaired) electrons. The Morgan fingerprint density at radius 3 is 2.85 bits per heavy atom. The Morgan fingerprint density at radius 1 is 1.62 bits per heavy atom. The molecule has 0 aliphatic carbocycles. The fourth-order valence-corrected chi connectivity index (χ4v) is 1.43. The van der Waals surface area contributed by atoms with Gasteiger partial charge in [0.25, 0.3) is 0 Å². The molecule has 0 heterocycles. The lowest BCUT2D eigenvalue weighted by Crippen LogP contribution is -2.02. The molecule has 0 aromatic heterocycles. The number of carbonyl (C=O) groups is 1. The molecule has 0 atom stereocenters. The third-order valence-electron chi connectivity index (χ3n) is 1.59. The van der Waals surface area contributed by atoms with E-state index in [0.717, 1.165) is 0 Å². The van der Waals surface area contributed by atoms with E-state index >= 15 is 0 Å². The van der Waals surface area contributed by atoms with Crippen molar-refractivity contribution >= 4 is 33.3 Å². The van der Waals surface area contributed by atoms with Gasteiger partial charge in [-0.05, 0) is 18.2 Å². The molecule has 1 aromatic carbocycles. The Bertz CT molecular complexity index is 325. The topological polar surface area (TPSA) is 26.3 Å². The van der Waals surface area contributed by atoms with Crippen LogP contribution in [0.3, 0.4) is 0 Å². The Labute approximate surface area is 90.0 Å². The largest absolute Gasteiger partial charge is 0.496 e. The van der Waals surface area contributed by atoms with Crippen molar-refractivity contribution in [3.63, 3.8) is 0 Å². The predicted octanol–water partition coefficient (Wildman–Crippen LogP) is 2.93. The van der Waals surface area contributed by atoms with Crippen LogP contribution in [0.1, 0.15) is 10.4 Å². The fraction of sp³-hybridized carbons (Fsp3) is 0.222. The molecule has 13 heavy (non-hydrogen) atoms. The average molecular weight is 264 g/mol. The monoisotopic (exact) mass is 262 g/mol. The number of rotatable bonds is 3. The molecular formula is C9H8BrClO2. The van der Waals surface area contributed by atoms with Gasteiger partial charge < -0.3 is 4.74 Å². The minimum atomic E-state index is -0.0199. The standard InChI is InChI=1S/C9H8BrClO2/c1-13-9-4-6(11)2-3-7(9)8(12)5-10/h2-4H,5H2,1H3. The molecule has 0 aliphatic heterocycles. The normalized spacial score (nSPS) is 9.77. The first-order chi connectivity index (χ1) is 6.19. The van der Waals surface area contributed by atoms with E-state index in [0.29, 0.717) is 16.3 Å². The van der Waals surface area contributed by atoms with Crippen LogP contribution in [0, 0.1) is 0 Å². The summed E-state index contributed by atoms with van der Waals surface area (Å²) in [6.07, 6.45) is 0. The smallest absolute Gasteiger partial charge is 0.177 e. The molecule has 0 fully saturated rings. The maximum absolute atomic E-state index is 11.3. The zero-order chi connectivity index (χ0) is 9.84. The summed E-state index contributed by atoms with van der Waals surface area (Å²) in [4.78, 5) is 11.3. The summed E-state index contributed by atoms with van der Waals surface area (Å²) in [6.45, 7) is 0. The van der Waals surface area contributed by atoms with E-state index in [1.54, 1.807) is 18.2 Å². The molecule has 70 valence electrons. The van der Waals surface area contributed by atoms with Crippen LogP contribution >= 0.6 is 27.5 Å². The zero-order valence-corrected chi connectivity index (χ0v) is 9.35. The minimum absolute atomic E-state index is 0.0199. The highest BCUT2D eigenvalue weighted by Gasteiger charge is 2.10. The number of Topliss-reactive ketones (excluding diaryl/α,β-unsaturated/α-hetero) is 1. The van der Waals surface area contributed by atoms with Crippen LogP contribution in [0.25, 0.3) is 0 Å². The number of alkyl halides is 1. The number of hydrogen-bond acceptors (Lipinski definition) is 2. The van der Waals surface area contributed by atoms with E-state index in [4.69, 9.17) is 16.3 Å². The Balaban J connectivity index is 3.13. The second-order valence-corrected chi connectivity index (χ2v) is 3.40. The van der Waals surface area contributed by atoms with Gasteiger partial charge in [0, 0.05) is 5.02 Å². The first kappa shape index (κ1) is 10.5. The van der Waals surface area contributed by atoms with Gasteiger partial charge in [0.05, 0.1) is 18.0 Å². The summed E-state index contributed by atoms with van der Waals surface area (Å²) in [7, 11) is 1.51. The van der Waals surface area contributed by atoms with Crippen molar-refractivity contribution in [3.05, 3.63) is 28.8 Å². The number of ketones is 1. The fourth-order valence-electron chi connectivity index (χ4n) is 0.967. The average Bonchev–Trinajstić information content (AvgIpc) is 2.16. The molecule has 0 saturated carbocycles. The summed E-state index contributed by atoms with van der Waals surface area (Å²) < 4.78 is 5.02. The third kappa shape index (κ3) is 2.45. The number of hydrogen-bond donors (Lipinski definition) is 0. The lowest BCUT2D eigenvalue weighted by atomic mass is 10.1. The summed E-state index contributed by atoms with van der Waals surface area (Å²) in [6, 6.07) is 4.95. The Kier molecular flexibility index (Phi) is 3.75. The first-order valence-corrected chi connectivity index (χ1v) is 5.11. The maximum atomic E-state index is 11.3. The maximum Gasteiger partial charge on any atom is 0.177 e. The number of halogens is 2. The van der Waals surface area contributed by atoms with E-state index < -0.39 is 0 Å². The van der Waals surface area contributed by atoms with Gasteiger partial charge >= 0.3 is 0 Å². The van der Waals surface area contributed by atoms with Gasteiger partial charge in [-0.15, -0.1) is 0 Å². The summed E-state index contributed by atoms with van der Waals surface area (Å²) >= 11 is 8.84. The third-order valence-corrected chi connectivity index (χ3v) is 2.33. The van der Waals surface area contributed by atoms with Gasteiger partial charge in [-0.25, -0.2) is 0 Å². The molecule has 0 saturated heterocycles. The molecule has 0 unspecified atom stereocenters. The first-order valence-electron chi connectivity index (χ1n) is 3.61. The molecule has 1 aromatic rings. The van der Waals surface area contributed by atoms with E-state index in [1.165, 1.54) is 7.11 Å². The zero-order valence-electron chi connectivity index (χ0n) is 7.01. The van der Waals surface area contributed by atoms with Crippen LogP contribution < -0.4 is 4.74 Å². The van der Waals surface area contributed by atoms with Crippen LogP contribution in [-0.2, 0) is 0 Å². The van der Waals surface area contributed by atoms with Gasteiger partial charge in [0.1, 0.15) is 5.75 Å². The molecule has 0 aliphatic rings. The van der Waals surface area contributed by atoms with Crippen LogP contribution in [0.2, 0.25) is 5.02 Å². The van der Waals surface area contributed by atoms with Gasteiger partial charge in [-0.2, -0.15) is 0 Å². The SMILES string of the molecule is COc1cc(Cl)ccc1C(=O)CBr. The molecule has 1 rings (SSSR count). The van der Waals surface area contributed by atoms with Gasteiger partial charge in [-0.3, -0.25) is 4.79 Å². The molecule has 4 heteroatoms.